The van der Waals surface area contributed by atoms with Gasteiger partial charge in [0, 0.05) is 12.2 Å². The van der Waals surface area contributed by atoms with E-state index < -0.39 is 11.9 Å². The fourth-order valence-corrected chi connectivity index (χ4v) is 3.61. The van der Waals surface area contributed by atoms with Crippen LogP contribution in [0.15, 0.2) is 49.3 Å². The molecule has 0 aliphatic heterocycles. The van der Waals surface area contributed by atoms with Gasteiger partial charge in [0.1, 0.15) is 0 Å². The first-order valence-corrected chi connectivity index (χ1v) is 8.47. The van der Waals surface area contributed by atoms with E-state index in [4.69, 9.17) is 5.73 Å². The number of carboxylic acids is 1. The summed E-state index contributed by atoms with van der Waals surface area (Å²) in [5, 5.41) is 9.40. The van der Waals surface area contributed by atoms with Crippen molar-refractivity contribution < 1.29 is 19.5 Å². The lowest BCUT2D eigenvalue weighted by atomic mass is 9.82. The van der Waals surface area contributed by atoms with Gasteiger partial charge in [0.25, 0.3) is 5.91 Å². The van der Waals surface area contributed by atoms with Gasteiger partial charge < -0.3 is 15.7 Å². The number of benzene rings is 1. The lowest BCUT2D eigenvalue weighted by Crippen LogP contribution is -2.43. The number of carbonyl (C=O) groups excluding carboxylic acids is 2. The third-order valence-corrected chi connectivity index (χ3v) is 4.77. The quantitative estimate of drug-likeness (QED) is 0.786. The first-order chi connectivity index (χ1) is 12.9. The molecule has 0 saturated heterocycles. The second-order valence-corrected chi connectivity index (χ2v) is 6.32. The molecule has 1 atom stereocenters. The van der Waals surface area contributed by atoms with Gasteiger partial charge in [0.05, 0.1) is 23.0 Å². The molecule has 1 heterocycles. The molecule has 1 aromatic heterocycles. The van der Waals surface area contributed by atoms with Gasteiger partial charge in [0.2, 0.25) is 5.91 Å². The predicted octanol–water partition coefficient (Wildman–Crippen LogP) is 1.96. The van der Waals surface area contributed by atoms with E-state index in [1.165, 1.54) is 12.1 Å². The molecule has 0 radical (unpaired) electrons. The number of aryl methyl sites for hydroxylation is 1. The summed E-state index contributed by atoms with van der Waals surface area (Å²) in [6.45, 7) is 3.57. The Labute approximate surface area is 156 Å². The van der Waals surface area contributed by atoms with Crippen LogP contribution in [0.2, 0.25) is 0 Å². The first-order valence-electron chi connectivity index (χ1n) is 8.47. The van der Waals surface area contributed by atoms with Crippen molar-refractivity contribution in [2.75, 3.05) is 4.90 Å². The number of hydrogen-bond acceptors (Lipinski definition) is 4. The Hall–Kier alpha value is -3.48. The second kappa shape index (κ2) is 7.41. The Morgan fingerprint density at radius 2 is 2.07 bits per heavy atom. The van der Waals surface area contributed by atoms with Crippen LogP contribution in [-0.2, 0) is 17.6 Å². The molecule has 1 unspecified atom stereocenters. The number of pyridine rings is 1. The molecule has 0 fully saturated rings. The molecule has 7 nitrogen and oxygen atoms in total. The van der Waals surface area contributed by atoms with Crippen molar-refractivity contribution in [2.24, 2.45) is 5.73 Å². The van der Waals surface area contributed by atoms with Crippen LogP contribution in [0.5, 0.6) is 0 Å². The number of hydrogen-bond donors (Lipinski definition) is 2. The molecule has 2 aromatic rings. The molecule has 0 saturated carbocycles. The molecule has 0 spiro atoms. The lowest BCUT2D eigenvalue weighted by Gasteiger charge is -2.35. The van der Waals surface area contributed by atoms with Crippen molar-refractivity contribution in [3.05, 3.63) is 71.6 Å². The summed E-state index contributed by atoms with van der Waals surface area (Å²) in [6, 6.07) is 6.36. The molecule has 1 aliphatic carbocycles. The summed E-state index contributed by atoms with van der Waals surface area (Å²) in [5.41, 5.74) is 7.46. The monoisotopic (exact) mass is 365 g/mol. The fraction of sp³-hybridized carbons (Fsp3) is 0.200. The Balaban J connectivity index is 2.07. The van der Waals surface area contributed by atoms with E-state index in [2.05, 4.69) is 11.6 Å². The van der Waals surface area contributed by atoms with Crippen LogP contribution in [-0.4, -0.2) is 33.9 Å². The van der Waals surface area contributed by atoms with E-state index in [1.807, 2.05) is 0 Å². The number of fused-ring (bicyclic) bond motifs is 1. The highest BCUT2D eigenvalue weighted by Crippen LogP contribution is 2.31. The van der Waals surface area contributed by atoms with Crippen molar-refractivity contribution in [3.8, 4) is 0 Å². The number of nitrogens with zero attached hydrogens (tertiary/aromatic N) is 2. The molecule has 7 heteroatoms. The molecule has 1 aliphatic rings. The average molecular weight is 365 g/mol. The van der Waals surface area contributed by atoms with Gasteiger partial charge in [0.15, 0.2) is 0 Å². The summed E-state index contributed by atoms with van der Waals surface area (Å²) in [4.78, 5) is 41.7. The summed E-state index contributed by atoms with van der Waals surface area (Å²) in [7, 11) is 0. The van der Waals surface area contributed by atoms with Crippen molar-refractivity contribution in [1.82, 2.24) is 4.98 Å². The van der Waals surface area contributed by atoms with E-state index in [1.54, 1.807) is 35.5 Å². The maximum absolute atomic E-state index is 12.5. The number of carbonyl (C=O) groups is 3. The topological polar surface area (TPSA) is 114 Å². The largest absolute Gasteiger partial charge is 0.478 e. The highest BCUT2D eigenvalue weighted by atomic mass is 16.4. The van der Waals surface area contributed by atoms with Gasteiger partial charge >= 0.3 is 5.97 Å². The summed E-state index contributed by atoms with van der Waals surface area (Å²) < 4.78 is 0. The molecule has 1 aromatic carbocycles. The standard InChI is InChI=1S/C20H19N3O4/c1-2-17(24)23(14-4-3-9-22-11-14)13-7-5-12-6-8-15(20(26)27)18(19(21)25)16(12)10-13/h2-4,6,8-9,11,13H,1,5,7,10H2,(H2,21,25)(H,26,27). The van der Waals surface area contributed by atoms with E-state index >= 15 is 0 Å². The van der Waals surface area contributed by atoms with Crippen molar-refractivity contribution >= 4 is 23.5 Å². The number of aromatic nitrogens is 1. The minimum atomic E-state index is -1.21. The molecule has 0 bridgehead atoms. The zero-order valence-electron chi connectivity index (χ0n) is 14.6. The maximum atomic E-state index is 12.5. The molecule has 138 valence electrons. The van der Waals surface area contributed by atoms with Crippen molar-refractivity contribution in [3.63, 3.8) is 0 Å². The predicted molar refractivity (Wildman–Crippen MR) is 99.7 cm³/mol. The summed E-state index contributed by atoms with van der Waals surface area (Å²) in [5.74, 6) is -2.28. The molecule has 27 heavy (non-hydrogen) atoms. The van der Waals surface area contributed by atoms with Crippen LogP contribution in [0.4, 0.5) is 5.69 Å². The van der Waals surface area contributed by atoms with E-state index in [0.29, 0.717) is 30.5 Å². The van der Waals surface area contributed by atoms with Gasteiger partial charge in [-0.1, -0.05) is 12.6 Å². The van der Waals surface area contributed by atoms with E-state index in [0.717, 1.165) is 5.56 Å². The summed E-state index contributed by atoms with van der Waals surface area (Å²) in [6.07, 6.45) is 6.00. The Morgan fingerprint density at radius 1 is 1.30 bits per heavy atom. The van der Waals surface area contributed by atoms with Gasteiger partial charge in [-0.15, -0.1) is 0 Å². The van der Waals surface area contributed by atoms with E-state index in [-0.39, 0.29) is 23.1 Å². The third kappa shape index (κ3) is 3.44. The minimum absolute atomic E-state index is 0.0156. The van der Waals surface area contributed by atoms with Crippen LogP contribution < -0.4 is 10.6 Å². The summed E-state index contributed by atoms with van der Waals surface area (Å²) >= 11 is 0. The number of amides is 2. The highest BCUT2D eigenvalue weighted by Gasteiger charge is 2.32. The zero-order chi connectivity index (χ0) is 19.6. The van der Waals surface area contributed by atoms with Crippen LogP contribution in [0.1, 0.15) is 38.3 Å². The van der Waals surface area contributed by atoms with Crippen molar-refractivity contribution in [1.29, 1.82) is 0 Å². The zero-order valence-corrected chi connectivity index (χ0v) is 14.6. The molecular formula is C20H19N3O4. The maximum Gasteiger partial charge on any atom is 0.336 e. The van der Waals surface area contributed by atoms with Crippen LogP contribution in [0.25, 0.3) is 0 Å². The highest BCUT2D eigenvalue weighted by molar-refractivity contribution is 6.06. The molecule has 3 N–H and O–H groups in total. The SMILES string of the molecule is C=CC(=O)N(c1cccnc1)C1CCc2ccc(C(=O)O)c(C(N)=O)c2C1. The first kappa shape index (κ1) is 18.3. The number of carboxylic acid groups (broad SMARTS) is 1. The lowest BCUT2D eigenvalue weighted by molar-refractivity contribution is -0.114. The van der Waals surface area contributed by atoms with Crippen LogP contribution >= 0.6 is 0 Å². The van der Waals surface area contributed by atoms with Gasteiger partial charge in [-0.3, -0.25) is 14.6 Å². The van der Waals surface area contributed by atoms with Gasteiger partial charge in [-0.25, -0.2) is 4.79 Å². The molecular weight excluding hydrogens is 346 g/mol. The Morgan fingerprint density at radius 3 is 2.67 bits per heavy atom. The number of rotatable bonds is 5. The molecule has 3 rings (SSSR count). The Bertz CT molecular complexity index is 924. The van der Waals surface area contributed by atoms with Crippen LogP contribution in [0, 0.1) is 0 Å². The van der Waals surface area contributed by atoms with Gasteiger partial charge in [-0.05, 0) is 54.7 Å². The number of primary amides is 1. The average Bonchev–Trinajstić information content (AvgIpc) is 2.67. The Kier molecular flexibility index (Phi) is 5.03. The normalized spacial score (nSPS) is 15.5. The number of nitrogens with two attached hydrogens (primary N) is 1. The smallest absolute Gasteiger partial charge is 0.336 e. The van der Waals surface area contributed by atoms with Gasteiger partial charge in [-0.2, -0.15) is 0 Å². The fourth-order valence-electron chi connectivity index (χ4n) is 3.61. The number of aromatic carboxylic acids is 1. The van der Waals surface area contributed by atoms with E-state index in [9.17, 15) is 19.5 Å². The molecule has 2 amide bonds. The van der Waals surface area contributed by atoms with Crippen molar-refractivity contribution in [2.45, 2.75) is 25.3 Å². The third-order valence-electron chi connectivity index (χ3n) is 4.77. The van der Waals surface area contributed by atoms with Crippen LogP contribution in [0.3, 0.4) is 0 Å². The minimum Gasteiger partial charge on any atom is -0.478 e. The number of anilines is 1. The second-order valence-electron chi connectivity index (χ2n) is 6.32.